The first kappa shape index (κ1) is 23.2. The van der Waals surface area contributed by atoms with E-state index in [2.05, 4.69) is 9.88 Å². The molecule has 0 unspecified atom stereocenters. The maximum Gasteiger partial charge on any atom is 0.349 e. The highest BCUT2D eigenvalue weighted by molar-refractivity contribution is 7.22. The van der Waals surface area contributed by atoms with Gasteiger partial charge >= 0.3 is 5.69 Å². The molecule has 1 aliphatic heterocycles. The largest absolute Gasteiger partial charge is 0.378 e. The number of hydrogen-bond donors (Lipinski definition) is 0. The standard InChI is InChI=1S/C26H27N5O3S/c1-18(2)31(20-11-7-4-8-12-20)21(32)17-30-24-23(28-26(35-24)29-13-15-34-16-14-29)22(27-25(30)33)19-9-5-3-6-10-19/h3-12,18H,13-17H2,1-2H3. The molecule has 2 aromatic carbocycles. The predicted octanol–water partition coefficient (Wildman–Crippen LogP) is 3.80. The lowest BCUT2D eigenvalue weighted by Gasteiger charge is -2.27. The van der Waals surface area contributed by atoms with E-state index in [0.29, 0.717) is 29.3 Å². The van der Waals surface area contributed by atoms with Crippen molar-refractivity contribution in [2.45, 2.75) is 26.4 Å². The van der Waals surface area contributed by atoms with E-state index in [1.165, 1.54) is 15.9 Å². The number of nitrogens with zero attached hydrogens (tertiary/aromatic N) is 5. The fourth-order valence-corrected chi connectivity index (χ4v) is 5.40. The van der Waals surface area contributed by atoms with Crippen LogP contribution in [0.15, 0.2) is 65.5 Å². The van der Waals surface area contributed by atoms with Gasteiger partial charge in [0, 0.05) is 30.4 Å². The lowest BCUT2D eigenvalue weighted by molar-refractivity contribution is -0.119. The first-order chi connectivity index (χ1) is 17.0. The van der Waals surface area contributed by atoms with E-state index in [-0.39, 0.29) is 18.5 Å². The topological polar surface area (TPSA) is 80.6 Å². The number of thiazole rings is 1. The van der Waals surface area contributed by atoms with Gasteiger partial charge in [0.15, 0.2) is 5.13 Å². The van der Waals surface area contributed by atoms with Gasteiger partial charge in [0.05, 0.1) is 13.2 Å². The maximum atomic E-state index is 13.5. The highest BCUT2D eigenvalue weighted by Gasteiger charge is 2.25. The Morgan fingerprint density at radius 2 is 1.69 bits per heavy atom. The van der Waals surface area contributed by atoms with Crippen molar-refractivity contribution in [1.29, 1.82) is 0 Å². The molecule has 0 aliphatic carbocycles. The molecule has 0 N–H and O–H groups in total. The van der Waals surface area contributed by atoms with E-state index in [1.807, 2.05) is 74.5 Å². The van der Waals surface area contributed by atoms with Crippen molar-refractivity contribution >= 4 is 38.4 Å². The van der Waals surface area contributed by atoms with Gasteiger partial charge in [-0.1, -0.05) is 59.9 Å². The zero-order valence-corrected chi connectivity index (χ0v) is 20.6. The third-order valence-electron chi connectivity index (χ3n) is 5.95. The molecule has 4 aromatic rings. The van der Waals surface area contributed by atoms with Gasteiger partial charge in [-0.05, 0) is 26.0 Å². The normalized spacial score (nSPS) is 14.0. The number of fused-ring (bicyclic) bond motifs is 1. The zero-order chi connectivity index (χ0) is 24.4. The molecule has 8 nitrogen and oxygen atoms in total. The van der Waals surface area contributed by atoms with Gasteiger partial charge in [-0.25, -0.2) is 9.78 Å². The van der Waals surface area contributed by atoms with Crippen LogP contribution in [0.5, 0.6) is 0 Å². The molecule has 3 heterocycles. The molecule has 180 valence electrons. The molecule has 9 heteroatoms. The van der Waals surface area contributed by atoms with E-state index in [4.69, 9.17) is 9.72 Å². The minimum absolute atomic E-state index is 0.0713. The van der Waals surface area contributed by atoms with E-state index in [0.717, 1.165) is 29.5 Å². The monoisotopic (exact) mass is 489 g/mol. The van der Waals surface area contributed by atoms with Crippen molar-refractivity contribution in [3.63, 3.8) is 0 Å². The molecule has 0 bridgehead atoms. The SMILES string of the molecule is CC(C)N(C(=O)Cn1c(=O)nc(-c2ccccc2)c2nc(N3CCOCC3)sc21)c1ccccc1. The summed E-state index contributed by atoms with van der Waals surface area (Å²) in [7, 11) is 0. The van der Waals surface area contributed by atoms with Crippen molar-refractivity contribution in [2.24, 2.45) is 0 Å². The first-order valence-corrected chi connectivity index (χ1v) is 12.5. The number of hydrogen-bond acceptors (Lipinski definition) is 7. The Morgan fingerprint density at radius 3 is 2.34 bits per heavy atom. The van der Waals surface area contributed by atoms with Gasteiger partial charge in [0.1, 0.15) is 22.6 Å². The summed E-state index contributed by atoms with van der Waals surface area (Å²) in [4.78, 5) is 40.6. The van der Waals surface area contributed by atoms with Crippen LogP contribution in [0.25, 0.3) is 21.6 Å². The minimum atomic E-state index is -0.460. The fourth-order valence-electron chi connectivity index (χ4n) is 4.29. The second-order valence-electron chi connectivity index (χ2n) is 8.64. The molecule has 0 spiro atoms. The van der Waals surface area contributed by atoms with Crippen LogP contribution in [0.2, 0.25) is 0 Å². The number of rotatable bonds is 6. The summed E-state index contributed by atoms with van der Waals surface area (Å²) in [5.74, 6) is -0.176. The summed E-state index contributed by atoms with van der Waals surface area (Å²) in [6.45, 7) is 6.52. The predicted molar refractivity (Wildman–Crippen MR) is 139 cm³/mol. The van der Waals surface area contributed by atoms with E-state index >= 15 is 0 Å². The Bertz CT molecular complexity index is 1380. The molecule has 1 aliphatic rings. The lowest BCUT2D eigenvalue weighted by Crippen LogP contribution is -2.41. The zero-order valence-electron chi connectivity index (χ0n) is 19.8. The van der Waals surface area contributed by atoms with Crippen molar-refractivity contribution in [3.05, 3.63) is 71.1 Å². The van der Waals surface area contributed by atoms with Gasteiger partial charge in [0.25, 0.3) is 0 Å². The lowest BCUT2D eigenvalue weighted by atomic mass is 10.1. The Morgan fingerprint density at radius 1 is 1.03 bits per heavy atom. The van der Waals surface area contributed by atoms with Crippen LogP contribution in [-0.4, -0.2) is 52.8 Å². The Labute approximate surface area is 207 Å². The Balaban J connectivity index is 1.61. The molecule has 0 radical (unpaired) electrons. The molecule has 1 saturated heterocycles. The van der Waals surface area contributed by atoms with Crippen LogP contribution in [0.4, 0.5) is 10.8 Å². The van der Waals surface area contributed by atoms with Crippen LogP contribution in [-0.2, 0) is 16.1 Å². The fraction of sp³-hybridized carbons (Fsp3) is 0.308. The third kappa shape index (κ3) is 4.69. The molecule has 0 atom stereocenters. The summed E-state index contributed by atoms with van der Waals surface area (Å²) in [5.41, 5.74) is 2.32. The number of carbonyl (C=O) groups excluding carboxylic acids is 1. The number of para-hydroxylation sites is 1. The average Bonchev–Trinajstić information content (AvgIpc) is 3.33. The molecule has 35 heavy (non-hydrogen) atoms. The van der Waals surface area contributed by atoms with Crippen molar-refractivity contribution in [1.82, 2.24) is 14.5 Å². The Kier molecular flexibility index (Phi) is 6.61. The summed E-state index contributed by atoms with van der Waals surface area (Å²) >= 11 is 1.42. The van der Waals surface area contributed by atoms with Gasteiger partial charge in [-0.2, -0.15) is 4.98 Å². The van der Waals surface area contributed by atoms with Crippen LogP contribution in [0.1, 0.15) is 13.8 Å². The van der Waals surface area contributed by atoms with Gasteiger partial charge in [-0.15, -0.1) is 0 Å². The maximum absolute atomic E-state index is 13.5. The summed E-state index contributed by atoms with van der Waals surface area (Å²) < 4.78 is 6.95. The Hall–Kier alpha value is -3.56. The molecule has 1 amide bonds. The summed E-state index contributed by atoms with van der Waals surface area (Å²) in [5, 5.41) is 0.804. The molecule has 1 fully saturated rings. The summed E-state index contributed by atoms with van der Waals surface area (Å²) in [6.07, 6.45) is 0. The van der Waals surface area contributed by atoms with Gasteiger partial charge in [0.2, 0.25) is 5.91 Å². The van der Waals surface area contributed by atoms with E-state index < -0.39 is 5.69 Å². The van der Waals surface area contributed by atoms with Gasteiger partial charge < -0.3 is 14.5 Å². The van der Waals surface area contributed by atoms with Crippen molar-refractivity contribution in [3.8, 4) is 11.3 Å². The van der Waals surface area contributed by atoms with E-state index in [9.17, 15) is 9.59 Å². The molecule has 2 aromatic heterocycles. The molecule has 0 saturated carbocycles. The third-order valence-corrected chi connectivity index (χ3v) is 7.09. The second kappa shape index (κ2) is 9.97. The quantitative estimate of drug-likeness (QED) is 0.410. The van der Waals surface area contributed by atoms with Crippen LogP contribution < -0.4 is 15.5 Å². The smallest absolute Gasteiger partial charge is 0.349 e. The van der Waals surface area contributed by atoms with Crippen molar-refractivity contribution < 1.29 is 9.53 Å². The highest BCUT2D eigenvalue weighted by atomic mass is 32.1. The molecular weight excluding hydrogens is 462 g/mol. The number of anilines is 2. The number of benzene rings is 2. The average molecular weight is 490 g/mol. The number of carbonyl (C=O) groups is 1. The number of ether oxygens (including phenoxy) is 1. The molecular formula is C26H27N5O3S. The summed E-state index contributed by atoms with van der Waals surface area (Å²) in [6, 6.07) is 19.0. The van der Waals surface area contributed by atoms with Crippen LogP contribution in [0.3, 0.4) is 0 Å². The number of amides is 1. The van der Waals surface area contributed by atoms with E-state index in [1.54, 1.807) is 4.90 Å². The van der Waals surface area contributed by atoms with Crippen molar-refractivity contribution in [2.75, 3.05) is 36.1 Å². The second-order valence-corrected chi connectivity index (χ2v) is 9.59. The van der Waals surface area contributed by atoms with Gasteiger partial charge in [-0.3, -0.25) is 9.36 Å². The van der Waals surface area contributed by atoms with Crippen LogP contribution >= 0.6 is 11.3 Å². The minimum Gasteiger partial charge on any atom is -0.378 e. The van der Waals surface area contributed by atoms with Crippen LogP contribution in [0, 0.1) is 0 Å². The number of aromatic nitrogens is 3. The highest BCUT2D eigenvalue weighted by Crippen LogP contribution is 2.33. The number of morpholine rings is 1. The molecule has 5 rings (SSSR count). The first-order valence-electron chi connectivity index (χ1n) is 11.7.